The van der Waals surface area contributed by atoms with Crippen LogP contribution in [0.15, 0.2) is 23.3 Å². The van der Waals surface area contributed by atoms with Crippen LogP contribution in [0.25, 0.3) is 0 Å². The SMILES string of the molecule is Cl.O=C([C@H]1CCNC[C@H]1F)N1N=CC[C@H]1c1cc(F)cc(F)c1. The number of nitrogens with one attached hydrogen (secondary N) is 1. The molecule has 1 N–H and O–H groups in total. The monoisotopic (exact) mass is 347 g/mol. The van der Waals surface area contributed by atoms with Gasteiger partial charge >= 0.3 is 0 Å². The van der Waals surface area contributed by atoms with Gasteiger partial charge in [0.05, 0.1) is 12.0 Å². The molecule has 2 heterocycles. The number of rotatable bonds is 2. The maximum absolute atomic E-state index is 13.9. The Labute approximate surface area is 138 Å². The summed E-state index contributed by atoms with van der Waals surface area (Å²) in [6, 6.07) is 2.55. The Morgan fingerprint density at radius 3 is 2.61 bits per heavy atom. The van der Waals surface area contributed by atoms with E-state index in [0.717, 1.165) is 11.1 Å². The van der Waals surface area contributed by atoms with E-state index in [1.807, 2.05) is 0 Å². The summed E-state index contributed by atoms with van der Waals surface area (Å²) in [6.45, 7) is 0.695. The Morgan fingerprint density at radius 2 is 1.96 bits per heavy atom. The molecule has 0 saturated carbocycles. The molecule has 1 aromatic rings. The topological polar surface area (TPSA) is 44.7 Å². The Balaban J connectivity index is 0.00000192. The Morgan fingerprint density at radius 1 is 1.26 bits per heavy atom. The lowest BCUT2D eigenvalue weighted by molar-refractivity contribution is -0.140. The van der Waals surface area contributed by atoms with E-state index in [-0.39, 0.29) is 19.0 Å². The zero-order valence-corrected chi connectivity index (χ0v) is 13.0. The number of carbonyl (C=O) groups is 1. The molecule has 0 bridgehead atoms. The van der Waals surface area contributed by atoms with E-state index < -0.39 is 35.7 Å². The molecule has 8 heteroatoms. The fourth-order valence-electron chi connectivity index (χ4n) is 2.94. The van der Waals surface area contributed by atoms with Crippen LogP contribution < -0.4 is 5.32 Å². The second kappa shape index (κ2) is 7.31. The molecule has 4 nitrogen and oxygen atoms in total. The third-order valence-electron chi connectivity index (χ3n) is 4.05. The van der Waals surface area contributed by atoms with Crippen molar-refractivity contribution in [1.82, 2.24) is 10.3 Å². The molecule has 2 aliphatic heterocycles. The van der Waals surface area contributed by atoms with Gasteiger partial charge in [0.2, 0.25) is 5.91 Å². The van der Waals surface area contributed by atoms with E-state index in [2.05, 4.69) is 10.4 Å². The van der Waals surface area contributed by atoms with Crippen LogP contribution in [0.3, 0.4) is 0 Å². The summed E-state index contributed by atoms with van der Waals surface area (Å²) in [7, 11) is 0. The molecule has 0 aliphatic carbocycles. The van der Waals surface area contributed by atoms with Crippen molar-refractivity contribution in [2.45, 2.75) is 25.1 Å². The van der Waals surface area contributed by atoms with Crippen molar-refractivity contribution in [3.05, 3.63) is 35.4 Å². The Bertz CT molecular complexity index is 593. The number of piperidine rings is 1. The molecule has 0 aromatic heterocycles. The molecule has 3 rings (SSSR count). The van der Waals surface area contributed by atoms with Crippen LogP contribution >= 0.6 is 12.4 Å². The molecule has 1 amide bonds. The summed E-state index contributed by atoms with van der Waals surface area (Å²) in [6.07, 6.45) is 0.980. The first kappa shape index (κ1) is 17.7. The highest BCUT2D eigenvalue weighted by atomic mass is 35.5. The molecule has 0 unspecified atom stereocenters. The first-order chi connectivity index (χ1) is 10.6. The van der Waals surface area contributed by atoms with Crippen LogP contribution in [0.5, 0.6) is 0 Å². The van der Waals surface area contributed by atoms with Gasteiger partial charge in [0, 0.05) is 25.2 Å². The molecular weight excluding hydrogens is 331 g/mol. The van der Waals surface area contributed by atoms with Crippen LogP contribution in [0.2, 0.25) is 0 Å². The van der Waals surface area contributed by atoms with E-state index in [4.69, 9.17) is 0 Å². The number of hydrogen-bond acceptors (Lipinski definition) is 3. The molecule has 1 fully saturated rings. The molecule has 1 saturated heterocycles. The van der Waals surface area contributed by atoms with Gasteiger partial charge in [-0.05, 0) is 30.7 Å². The highest BCUT2D eigenvalue weighted by Gasteiger charge is 2.38. The highest BCUT2D eigenvalue weighted by Crippen LogP contribution is 2.32. The van der Waals surface area contributed by atoms with Crippen molar-refractivity contribution in [2.24, 2.45) is 11.0 Å². The van der Waals surface area contributed by atoms with Crippen molar-refractivity contribution in [3.8, 4) is 0 Å². The van der Waals surface area contributed by atoms with Crippen LogP contribution in [-0.2, 0) is 4.79 Å². The zero-order chi connectivity index (χ0) is 15.7. The minimum Gasteiger partial charge on any atom is -0.314 e. The average Bonchev–Trinajstić information content (AvgIpc) is 2.95. The highest BCUT2D eigenvalue weighted by molar-refractivity contribution is 5.85. The number of halogens is 4. The van der Waals surface area contributed by atoms with Gasteiger partial charge in [-0.3, -0.25) is 4.79 Å². The van der Waals surface area contributed by atoms with Gasteiger partial charge in [0.25, 0.3) is 0 Å². The summed E-state index contributed by atoms with van der Waals surface area (Å²) in [5.74, 6) is -2.62. The molecule has 0 spiro atoms. The Kier molecular flexibility index (Phi) is 5.64. The number of hydrazone groups is 1. The van der Waals surface area contributed by atoms with Crippen molar-refractivity contribution >= 4 is 24.5 Å². The quantitative estimate of drug-likeness (QED) is 0.893. The molecule has 1 aromatic carbocycles. The van der Waals surface area contributed by atoms with Crippen LogP contribution in [0.1, 0.15) is 24.4 Å². The summed E-state index contributed by atoms with van der Waals surface area (Å²) in [4.78, 5) is 12.5. The van der Waals surface area contributed by atoms with Crippen molar-refractivity contribution in [1.29, 1.82) is 0 Å². The largest absolute Gasteiger partial charge is 0.314 e. The molecule has 3 atom stereocenters. The summed E-state index contributed by atoms with van der Waals surface area (Å²) >= 11 is 0. The molecule has 23 heavy (non-hydrogen) atoms. The van der Waals surface area contributed by atoms with Crippen LogP contribution in [0, 0.1) is 17.6 Å². The van der Waals surface area contributed by atoms with Crippen molar-refractivity contribution < 1.29 is 18.0 Å². The van der Waals surface area contributed by atoms with E-state index >= 15 is 0 Å². The van der Waals surface area contributed by atoms with Crippen LogP contribution in [0.4, 0.5) is 13.2 Å². The second-order valence-corrected chi connectivity index (χ2v) is 5.55. The van der Waals surface area contributed by atoms with Crippen LogP contribution in [-0.4, -0.2) is 36.4 Å². The van der Waals surface area contributed by atoms with Gasteiger partial charge in [0.15, 0.2) is 0 Å². The van der Waals surface area contributed by atoms with E-state index in [0.29, 0.717) is 24.9 Å². The number of nitrogens with zero attached hydrogens (tertiary/aromatic N) is 2. The van der Waals surface area contributed by atoms with E-state index in [1.54, 1.807) is 0 Å². The van der Waals surface area contributed by atoms with E-state index in [9.17, 15) is 18.0 Å². The van der Waals surface area contributed by atoms with E-state index in [1.165, 1.54) is 18.3 Å². The Hall–Kier alpha value is -1.60. The van der Waals surface area contributed by atoms with Gasteiger partial charge in [0.1, 0.15) is 17.8 Å². The lowest BCUT2D eigenvalue weighted by atomic mass is 9.94. The van der Waals surface area contributed by atoms with Gasteiger partial charge < -0.3 is 5.32 Å². The fourth-order valence-corrected chi connectivity index (χ4v) is 2.94. The first-order valence-electron chi connectivity index (χ1n) is 7.22. The minimum atomic E-state index is -1.28. The van der Waals surface area contributed by atoms with Crippen molar-refractivity contribution in [3.63, 3.8) is 0 Å². The number of alkyl halides is 1. The number of hydrogen-bond donors (Lipinski definition) is 1. The first-order valence-corrected chi connectivity index (χ1v) is 7.22. The summed E-state index contributed by atoms with van der Waals surface area (Å²) in [5.41, 5.74) is 0.327. The number of amides is 1. The van der Waals surface area contributed by atoms with Gasteiger partial charge in [-0.1, -0.05) is 0 Å². The lowest BCUT2D eigenvalue weighted by Gasteiger charge is -2.30. The minimum absolute atomic E-state index is 0. The third-order valence-corrected chi connectivity index (χ3v) is 4.05. The summed E-state index contributed by atoms with van der Waals surface area (Å²) in [5, 5.41) is 8.04. The molecule has 0 radical (unpaired) electrons. The van der Waals surface area contributed by atoms with Gasteiger partial charge in [-0.25, -0.2) is 18.2 Å². The molecule has 126 valence electrons. The maximum atomic E-state index is 13.9. The normalized spacial score (nSPS) is 26.9. The molecular formula is C15H17ClF3N3O. The van der Waals surface area contributed by atoms with Gasteiger partial charge in [-0.15, -0.1) is 12.4 Å². The fraction of sp³-hybridized carbons (Fsp3) is 0.467. The third kappa shape index (κ3) is 3.67. The summed E-state index contributed by atoms with van der Waals surface area (Å²) < 4.78 is 40.7. The number of carbonyl (C=O) groups excluding carboxylic acids is 1. The average molecular weight is 348 g/mol. The number of benzene rings is 1. The molecule has 2 aliphatic rings. The standard InChI is InChI=1S/C15H16F3N3O.ClH/c16-10-5-9(6-11(17)7-10)14-2-4-20-21(14)15(22)12-1-3-19-8-13(12)18;/h4-7,12-14,19H,1-3,8H2;1H/t12-,13+,14-;/m0./s1. The maximum Gasteiger partial charge on any atom is 0.249 e. The smallest absolute Gasteiger partial charge is 0.249 e. The lowest BCUT2D eigenvalue weighted by Crippen LogP contribution is -2.46. The zero-order valence-electron chi connectivity index (χ0n) is 12.2. The predicted molar refractivity (Wildman–Crippen MR) is 82.2 cm³/mol. The van der Waals surface area contributed by atoms with Crippen molar-refractivity contribution in [2.75, 3.05) is 13.1 Å². The van der Waals surface area contributed by atoms with Gasteiger partial charge in [-0.2, -0.15) is 5.10 Å². The second-order valence-electron chi connectivity index (χ2n) is 5.55. The predicted octanol–water partition coefficient (Wildman–Crippen LogP) is 2.59.